The summed E-state index contributed by atoms with van der Waals surface area (Å²) in [6, 6.07) is 2.07. The zero-order valence-corrected chi connectivity index (χ0v) is 10.1. The summed E-state index contributed by atoms with van der Waals surface area (Å²) in [4.78, 5) is 0. The van der Waals surface area contributed by atoms with Crippen molar-refractivity contribution in [2.24, 2.45) is 18.9 Å². The number of rotatable bonds is 5. The molecule has 0 aromatic carbocycles. The molecule has 1 heterocycles. The minimum absolute atomic E-state index is 0.350. The monoisotopic (exact) mass is 222 g/mol. The second-order valence-corrected chi connectivity index (χ2v) is 4.97. The third-order valence-electron chi connectivity index (χ3n) is 3.99. The molecule has 1 aromatic rings. The van der Waals surface area contributed by atoms with Crippen LogP contribution in [0.2, 0.25) is 0 Å². The van der Waals surface area contributed by atoms with E-state index >= 15 is 0 Å². The third-order valence-corrected chi connectivity index (χ3v) is 3.99. The van der Waals surface area contributed by atoms with E-state index in [9.17, 15) is 5.11 Å². The molecule has 2 rings (SSSR count). The zero-order valence-electron chi connectivity index (χ0n) is 10.1. The van der Waals surface area contributed by atoms with E-state index < -0.39 is 0 Å². The molecule has 0 amide bonds. The Balaban J connectivity index is 1.85. The van der Waals surface area contributed by atoms with Crippen LogP contribution in [-0.4, -0.2) is 21.5 Å². The maximum atomic E-state index is 9.46. The largest absolute Gasteiger partial charge is 0.396 e. The van der Waals surface area contributed by atoms with Gasteiger partial charge in [-0.3, -0.25) is 4.68 Å². The first kappa shape index (κ1) is 11.6. The second-order valence-electron chi connectivity index (χ2n) is 4.97. The van der Waals surface area contributed by atoms with E-state index in [2.05, 4.69) is 11.2 Å². The number of hydrogen-bond donors (Lipinski definition) is 1. The molecule has 1 aliphatic rings. The SMILES string of the molecule is Cn1nccc1CCC(CO)C1CCCC1. The van der Waals surface area contributed by atoms with Gasteiger partial charge in [0.05, 0.1) is 0 Å². The average Bonchev–Trinajstić information content (AvgIpc) is 2.92. The standard InChI is InChI=1S/C13H22N2O/c1-15-13(8-9-14-15)7-6-12(10-16)11-4-2-3-5-11/h8-9,11-12,16H,2-7,10H2,1H3. The lowest BCUT2D eigenvalue weighted by Gasteiger charge is -2.20. The normalized spacial score (nSPS) is 19.1. The maximum Gasteiger partial charge on any atom is 0.0492 e. The van der Waals surface area contributed by atoms with Crippen LogP contribution in [0.5, 0.6) is 0 Å². The lowest BCUT2D eigenvalue weighted by atomic mass is 9.87. The number of aliphatic hydroxyl groups excluding tert-OH is 1. The summed E-state index contributed by atoms with van der Waals surface area (Å²) >= 11 is 0. The molecule has 0 bridgehead atoms. The minimum Gasteiger partial charge on any atom is -0.396 e. The molecular formula is C13H22N2O. The highest BCUT2D eigenvalue weighted by Gasteiger charge is 2.24. The Labute approximate surface area is 97.5 Å². The van der Waals surface area contributed by atoms with Crippen molar-refractivity contribution in [2.75, 3.05) is 6.61 Å². The Bertz CT molecular complexity index is 315. The van der Waals surface area contributed by atoms with Crippen LogP contribution in [0.25, 0.3) is 0 Å². The summed E-state index contributed by atoms with van der Waals surface area (Å²) < 4.78 is 1.93. The molecule has 1 aliphatic carbocycles. The predicted octanol–water partition coefficient (Wildman–Crippen LogP) is 2.15. The Morgan fingerprint density at radius 2 is 2.25 bits per heavy atom. The van der Waals surface area contributed by atoms with Gasteiger partial charge in [0.15, 0.2) is 0 Å². The summed E-state index contributed by atoms with van der Waals surface area (Å²) in [5.74, 6) is 1.26. The fourth-order valence-corrected chi connectivity index (χ4v) is 2.88. The van der Waals surface area contributed by atoms with Crippen LogP contribution in [0.1, 0.15) is 37.8 Å². The van der Waals surface area contributed by atoms with Crippen molar-refractivity contribution in [1.29, 1.82) is 0 Å². The van der Waals surface area contributed by atoms with Crippen LogP contribution in [0.3, 0.4) is 0 Å². The van der Waals surface area contributed by atoms with Crippen molar-refractivity contribution in [1.82, 2.24) is 9.78 Å². The van der Waals surface area contributed by atoms with Crippen molar-refractivity contribution in [2.45, 2.75) is 38.5 Å². The van der Waals surface area contributed by atoms with Crippen LogP contribution in [0.4, 0.5) is 0 Å². The number of nitrogens with zero attached hydrogens (tertiary/aromatic N) is 2. The second kappa shape index (κ2) is 5.48. The molecule has 1 atom stereocenters. The molecular weight excluding hydrogens is 200 g/mol. The summed E-state index contributed by atoms with van der Waals surface area (Å²) in [6.07, 6.45) is 9.32. The summed E-state index contributed by atoms with van der Waals surface area (Å²) in [6.45, 7) is 0.350. The molecule has 1 unspecified atom stereocenters. The van der Waals surface area contributed by atoms with Gasteiger partial charge in [0.1, 0.15) is 0 Å². The minimum atomic E-state index is 0.350. The van der Waals surface area contributed by atoms with Crippen molar-refractivity contribution in [3.63, 3.8) is 0 Å². The first-order valence-electron chi connectivity index (χ1n) is 6.39. The number of hydrogen-bond acceptors (Lipinski definition) is 2. The number of aliphatic hydroxyl groups is 1. The summed E-state index contributed by atoms with van der Waals surface area (Å²) in [5, 5.41) is 13.6. The summed E-state index contributed by atoms with van der Waals surface area (Å²) in [7, 11) is 1.98. The van der Waals surface area contributed by atoms with Gasteiger partial charge in [0.2, 0.25) is 0 Å². The summed E-state index contributed by atoms with van der Waals surface area (Å²) in [5.41, 5.74) is 1.27. The highest BCUT2D eigenvalue weighted by molar-refractivity contribution is 5.00. The van der Waals surface area contributed by atoms with Gasteiger partial charge in [0, 0.05) is 25.5 Å². The van der Waals surface area contributed by atoms with Gasteiger partial charge in [-0.25, -0.2) is 0 Å². The molecule has 1 N–H and O–H groups in total. The first-order chi connectivity index (χ1) is 7.81. The van der Waals surface area contributed by atoms with Crippen molar-refractivity contribution >= 4 is 0 Å². The molecule has 3 heteroatoms. The number of aryl methyl sites for hydroxylation is 2. The molecule has 1 saturated carbocycles. The van der Waals surface area contributed by atoms with Gasteiger partial charge >= 0.3 is 0 Å². The van der Waals surface area contributed by atoms with Gasteiger partial charge in [-0.2, -0.15) is 5.10 Å². The van der Waals surface area contributed by atoms with Gasteiger partial charge in [-0.1, -0.05) is 25.7 Å². The fourth-order valence-electron chi connectivity index (χ4n) is 2.88. The highest BCUT2D eigenvalue weighted by Crippen LogP contribution is 2.33. The Kier molecular flexibility index (Phi) is 3.99. The quantitative estimate of drug-likeness (QED) is 0.829. The van der Waals surface area contributed by atoms with Gasteiger partial charge in [-0.05, 0) is 30.7 Å². The average molecular weight is 222 g/mol. The van der Waals surface area contributed by atoms with Gasteiger partial charge < -0.3 is 5.11 Å². The number of aromatic nitrogens is 2. The van der Waals surface area contributed by atoms with Crippen LogP contribution in [0, 0.1) is 11.8 Å². The Hall–Kier alpha value is -0.830. The van der Waals surface area contributed by atoms with E-state index in [4.69, 9.17) is 0 Å². The fraction of sp³-hybridized carbons (Fsp3) is 0.769. The zero-order chi connectivity index (χ0) is 11.4. The third kappa shape index (κ3) is 2.64. The molecule has 16 heavy (non-hydrogen) atoms. The lowest BCUT2D eigenvalue weighted by molar-refractivity contribution is 0.167. The Morgan fingerprint density at radius 1 is 1.50 bits per heavy atom. The predicted molar refractivity (Wildman–Crippen MR) is 64.1 cm³/mol. The molecule has 3 nitrogen and oxygen atoms in total. The van der Waals surface area contributed by atoms with E-state index in [-0.39, 0.29) is 0 Å². The highest BCUT2D eigenvalue weighted by atomic mass is 16.3. The first-order valence-corrected chi connectivity index (χ1v) is 6.39. The van der Waals surface area contributed by atoms with Gasteiger partial charge in [-0.15, -0.1) is 0 Å². The van der Waals surface area contributed by atoms with E-state index in [0.717, 1.165) is 18.8 Å². The van der Waals surface area contributed by atoms with Crippen LogP contribution < -0.4 is 0 Å². The molecule has 1 fully saturated rings. The topological polar surface area (TPSA) is 38.0 Å². The smallest absolute Gasteiger partial charge is 0.0492 e. The lowest BCUT2D eigenvalue weighted by Crippen LogP contribution is -2.17. The van der Waals surface area contributed by atoms with E-state index in [0.29, 0.717) is 12.5 Å². The molecule has 0 radical (unpaired) electrons. The van der Waals surface area contributed by atoms with Crippen LogP contribution in [-0.2, 0) is 13.5 Å². The van der Waals surface area contributed by atoms with E-state index in [1.807, 2.05) is 17.9 Å². The van der Waals surface area contributed by atoms with Crippen molar-refractivity contribution in [3.8, 4) is 0 Å². The van der Waals surface area contributed by atoms with Crippen molar-refractivity contribution in [3.05, 3.63) is 18.0 Å². The molecule has 0 saturated heterocycles. The van der Waals surface area contributed by atoms with Crippen molar-refractivity contribution < 1.29 is 5.11 Å². The molecule has 90 valence electrons. The van der Waals surface area contributed by atoms with Crippen LogP contribution in [0.15, 0.2) is 12.3 Å². The Morgan fingerprint density at radius 3 is 2.81 bits per heavy atom. The molecule has 0 aliphatic heterocycles. The van der Waals surface area contributed by atoms with E-state index in [1.165, 1.54) is 31.4 Å². The molecule has 1 aromatic heterocycles. The van der Waals surface area contributed by atoms with Gasteiger partial charge in [0.25, 0.3) is 0 Å². The maximum absolute atomic E-state index is 9.46. The van der Waals surface area contributed by atoms with E-state index in [1.54, 1.807) is 0 Å². The van der Waals surface area contributed by atoms with Crippen LogP contribution >= 0.6 is 0 Å². The molecule has 0 spiro atoms.